The minimum absolute atomic E-state index is 0.0640. The maximum absolute atomic E-state index is 13.4. The minimum Gasteiger partial charge on any atom is -0.323 e. The zero-order chi connectivity index (χ0) is 19.5. The number of pyridine rings is 1. The SMILES string of the molecule is Cc1cc(C)c2cccc(NC(=O)C(c3ccccc3)c3ccccc3)c2n1. The van der Waals surface area contributed by atoms with E-state index in [0.29, 0.717) is 0 Å². The van der Waals surface area contributed by atoms with Crippen molar-refractivity contribution in [2.75, 3.05) is 5.32 Å². The molecule has 0 spiro atoms. The van der Waals surface area contributed by atoms with E-state index in [1.165, 1.54) is 0 Å². The number of para-hydroxylation sites is 1. The first-order chi connectivity index (χ1) is 13.6. The molecule has 3 heteroatoms. The van der Waals surface area contributed by atoms with Crippen molar-refractivity contribution in [3.8, 4) is 0 Å². The molecule has 3 nitrogen and oxygen atoms in total. The van der Waals surface area contributed by atoms with Gasteiger partial charge in [-0.2, -0.15) is 0 Å². The Labute approximate surface area is 165 Å². The Morgan fingerprint density at radius 1 is 0.821 bits per heavy atom. The fourth-order valence-electron chi connectivity index (χ4n) is 3.67. The molecule has 0 radical (unpaired) electrons. The smallest absolute Gasteiger partial charge is 0.236 e. The summed E-state index contributed by atoms with van der Waals surface area (Å²) < 4.78 is 0. The van der Waals surface area contributed by atoms with Gasteiger partial charge in [0.15, 0.2) is 0 Å². The van der Waals surface area contributed by atoms with Crippen LogP contribution in [0.25, 0.3) is 10.9 Å². The summed E-state index contributed by atoms with van der Waals surface area (Å²) in [6.07, 6.45) is 0. The van der Waals surface area contributed by atoms with Crippen LogP contribution in [0.4, 0.5) is 5.69 Å². The summed E-state index contributed by atoms with van der Waals surface area (Å²) in [6.45, 7) is 4.04. The van der Waals surface area contributed by atoms with Gasteiger partial charge in [-0.25, -0.2) is 0 Å². The highest BCUT2D eigenvalue weighted by Gasteiger charge is 2.23. The molecule has 1 aromatic heterocycles. The highest BCUT2D eigenvalue weighted by Crippen LogP contribution is 2.29. The molecule has 0 aliphatic rings. The fraction of sp³-hybridized carbons (Fsp3) is 0.120. The van der Waals surface area contributed by atoms with Crippen molar-refractivity contribution < 1.29 is 4.79 Å². The second-order valence-electron chi connectivity index (χ2n) is 7.03. The van der Waals surface area contributed by atoms with Crippen LogP contribution >= 0.6 is 0 Å². The maximum atomic E-state index is 13.4. The van der Waals surface area contributed by atoms with E-state index >= 15 is 0 Å². The zero-order valence-corrected chi connectivity index (χ0v) is 16.0. The molecule has 3 aromatic carbocycles. The van der Waals surface area contributed by atoms with Gasteiger partial charge in [-0.1, -0.05) is 72.8 Å². The number of carbonyl (C=O) groups is 1. The van der Waals surface area contributed by atoms with Crippen molar-refractivity contribution >= 4 is 22.5 Å². The summed E-state index contributed by atoms with van der Waals surface area (Å²) in [5.41, 5.74) is 5.59. The lowest BCUT2D eigenvalue weighted by molar-refractivity contribution is -0.116. The number of anilines is 1. The lowest BCUT2D eigenvalue weighted by atomic mass is 9.90. The average Bonchev–Trinajstić information content (AvgIpc) is 2.70. The molecule has 0 atom stereocenters. The molecule has 0 aliphatic carbocycles. The molecule has 0 fully saturated rings. The van der Waals surface area contributed by atoms with Crippen molar-refractivity contribution in [2.24, 2.45) is 0 Å². The number of nitrogens with one attached hydrogen (secondary N) is 1. The van der Waals surface area contributed by atoms with E-state index in [2.05, 4.69) is 23.3 Å². The number of hydrogen-bond donors (Lipinski definition) is 1. The number of carbonyl (C=O) groups excluding carboxylic acids is 1. The van der Waals surface area contributed by atoms with Crippen LogP contribution in [0.15, 0.2) is 84.9 Å². The van der Waals surface area contributed by atoms with E-state index in [4.69, 9.17) is 0 Å². The number of nitrogens with zero attached hydrogens (tertiary/aromatic N) is 1. The summed E-state index contributed by atoms with van der Waals surface area (Å²) in [7, 11) is 0. The Balaban J connectivity index is 1.76. The predicted molar refractivity (Wildman–Crippen MR) is 115 cm³/mol. The second-order valence-corrected chi connectivity index (χ2v) is 7.03. The molecule has 0 bridgehead atoms. The van der Waals surface area contributed by atoms with Gasteiger partial charge in [0.1, 0.15) is 0 Å². The monoisotopic (exact) mass is 366 g/mol. The van der Waals surface area contributed by atoms with Crippen molar-refractivity contribution in [1.82, 2.24) is 4.98 Å². The summed E-state index contributed by atoms with van der Waals surface area (Å²) in [4.78, 5) is 18.1. The van der Waals surface area contributed by atoms with Crippen LogP contribution in [-0.2, 0) is 4.79 Å². The minimum atomic E-state index is -0.386. The highest BCUT2D eigenvalue weighted by molar-refractivity contribution is 6.04. The topological polar surface area (TPSA) is 42.0 Å². The zero-order valence-electron chi connectivity index (χ0n) is 16.0. The predicted octanol–water partition coefficient (Wildman–Crippen LogP) is 5.62. The average molecular weight is 366 g/mol. The van der Waals surface area contributed by atoms with Gasteiger partial charge < -0.3 is 5.32 Å². The van der Waals surface area contributed by atoms with Gasteiger partial charge in [0.2, 0.25) is 5.91 Å². The molecule has 28 heavy (non-hydrogen) atoms. The fourth-order valence-corrected chi connectivity index (χ4v) is 3.67. The number of rotatable bonds is 4. The van der Waals surface area contributed by atoms with E-state index in [1.807, 2.05) is 85.8 Å². The number of amides is 1. The first kappa shape index (κ1) is 17.9. The third-order valence-corrected chi connectivity index (χ3v) is 4.96. The number of aromatic nitrogens is 1. The Morgan fingerprint density at radius 3 is 2.04 bits per heavy atom. The molecule has 4 rings (SSSR count). The van der Waals surface area contributed by atoms with Gasteiger partial charge in [-0.3, -0.25) is 9.78 Å². The molecular weight excluding hydrogens is 344 g/mol. The third-order valence-electron chi connectivity index (χ3n) is 4.96. The number of aryl methyl sites for hydroxylation is 2. The molecule has 0 saturated carbocycles. The third kappa shape index (κ3) is 3.52. The molecular formula is C25H22N2O. The van der Waals surface area contributed by atoms with Gasteiger partial charge in [0.05, 0.1) is 17.1 Å². The normalized spacial score (nSPS) is 11.0. The molecule has 0 aliphatic heterocycles. The Kier molecular flexibility index (Phi) is 4.90. The van der Waals surface area contributed by atoms with Crippen molar-refractivity contribution in [2.45, 2.75) is 19.8 Å². The summed E-state index contributed by atoms with van der Waals surface area (Å²) in [6, 6.07) is 27.7. The molecule has 1 heterocycles. The van der Waals surface area contributed by atoms with Crippen LogP contribution < -0.4 is 5.32 Å². The van der Waals surface area contributed by atoms with Gasteiger partial charge in [-0.05, 0) is 42.7 Å². The summed E-state index contributed by atoms with van der Waals surface area (Å²) >= 11 is 0. The largest absolute Gasteiger partial charge is 0.323 e. The molecule has 4 aromatic rings. The maximum Gasteiger partial charge on any atom is 0.236 e. The highest BCUT2D eigenvalue weighted by atomic mass is 16.1. The second kappa shape index (κ2) is 7.65. The van der Waals surface area contributed by atoms with E-state index in [-0.39, 0.29) is 11.8 Å². The van der Waals surface area contributed by atoms with E-state index in [0.717, 1.165) is 39.0 Å². The first-order valence-corrected chi connectivity index (χ1v) is 9.41. The molecule has 1 N–H and O–H groups in total. The molecule has 1 amide bonds. The van der Waals surface area contributed by atoms with E-state index < -0.39 is 0 Å². The van der Waals surface area contributed by atoms with Crippen molar-refractivity contribution in [3.05, 3.63) is 107 Å². The van der Waals surface area contributed by atoms with Crippen LogP contribution in [0.2, 0.25) is 0 Å². The van der Waals surface area contributed by atoms with Crippen LogP contribution in [0.3, 0.4) is 0 Å². The first-order valence-electron chi connectivity index (χ1n) is 9.41. The van der Waals surface area contributed by atoms with Gasteiger partial charge >= 0.3 is 0 Å². The van der Waals surface area contributed by atoms with E-state index in [9.17, 15) is 4.79 Å². The quantitative estimate of drug-likeness (QED) is 0.509. The standard InChI is InChI=1S/C25H22N2O/c1-17-16-18(2)26-24-21(17)14-9-15-22(24)27-25(28)23(19-10-5-3-6-11-19)20-12-7-4-8-13-20/h3-16,23H,1-2H3,(H,27,28). The summed E-state index contributed by atoms with van der Waals surface area (Å²) in [5.74, 6) is -0.450. The van der Waals surface area contributed by atoms with Crippen LogP contribution in [0.1, 0.15) is 28.3 Å². The number of benzene rings is 3. The molecule has 138 valence electrons. The van der Waals surface area contributed by atoms with Crippen LogP contribution in [0, 0.1) is 13.8 Å². The Bertz CT molecular complexity index is 1080. The van der Waals surface area contributed by atoms with Gasteiger partial charge in [0.25, 0.3) is 0 Å². The Hall–Kier alpha value is -3.46. The lowest BCUT2D eigenvalue weighted by Crippen LogP contribution is -2.22. The molecule has 0 saturated heterocycles. The van der Waals surface area contributed by atoms with Crippen molar-refractivity contribution in [1.29, 1.82) is 0 Å². The van der Waals surface area contributed by atoms with Crippen molar-refractivity contribution in [3.63, 3.8) is 0 Å². The summed E-state index contributed by atoms with van der Waals surface area (Å²) in [5, 5.41) is 4.19. The lowest BCUT2D eigenvalue weighted by Gasteiger charge is -2.19. The van der Waals surface area contributed by atoms with Gasteiger partial charge in [-0.15, -0.1) is 0 Å². The molecule has 0 unspecified atom stereocenters. The number of fused-ring (bicyclic) bond motifs is 1. The van der Waals surface area contributed by atoms with Gasteiger partial charge in [0, 0.05) is 11.1 Å². The van der Waals surface area contributed by atoms with Crippen LogP contribution in [0.5, 0.6) is 0 Å². The Morgan fingerprint density at radius 2 is 1.43 bits per heavy atom. The van der Waals surface area contributed by atoms with Crippen LogP contribution in [-0.4, -0.2) is 10.9 Å². The van der Waals surface area contributed by atoms with E-state index in [1.54, 1.807) is 0 Å². The number of hydrogen-bond acceptors (Lipinski definition) is 2.